The molecule has 1 atom stereocenters. The van der Waals surface area contributed by atoms with E-state index >= 15 is 0 Å². The van der Waals surface area contributed by atoms with E-state index in [9.17, 15) is 14.4 Å². The molecule has 0 saturated carbocycles. The molecule has 1 fully saturated rings. The number of rotatable bonds is 4. The summed E-state index contributed by atoms with van der Waals surface area (Å²) in [6, 6.07) is 2.49. The highest BCUT2D eigenvalue weighted by atomic mass is 79.9. The average Bonchev–Trinajstić information content (AvgIpc) is 2.92. The molecule has 0 aromatic carbocycles. The summed E-state index contributed by atoms with van der Waals surface area (Å²) in [7, 11) is 0. The summed E-state index contributed by atoms with van der Waals surface area (Å²) in [6.45, 7) is 2.47. The third kappa shape index (κ3) is 3.72. The maximum atomic E-state index is 12.3. The molecule has 114 valence electrons. The lowest BCUT2D eigenvalue weighted by atomic mass is 10.2. The van der Waals surface area contributed by atoms with Gasteiger partial charge in [0.25, 0.3) is 5.56 Å². The maximum Gasteiger partial charge on any atom is 0.328 e. The van der Waals surface area contributed by atoms with Gasteiger partial charge in [0.15, 0.2) is 0 Å². The van der Waals surface area contributed by atoms with E-state index in [1.54, 1.807) is 19.2 Å². The molecule has 0 radical (unpaired) electrons. The van der Waals surface area contributed by atoms with Crippen LogP contribution in [0.15, 0.2) is 27.6 Å². The van der Waals surface area contributed by atoms with Crippen molar-refractivity contribution in [3.8, 4) is 0 Å². The summed E-state index contributed by atoms with van der Waals surface area (Å²) < 4.78 is 7.04. The molecule has 1 unspecified atom stereocenters. The average molecular weight is 357 g/mol. The quantitative estimate of drug-likeness (QED) is 0.759. The fourth-order valence-electron chi connectivity index (χ4n) is 2.41. The van der Waals surface area contributed by atoms with Gasteiger partial charge in [-0.05, 0) is 41.8 Å². The molecule has 0 spiro atoms. The summed E-state index contributed by atoms with van der Waals surface area (Å²) in [5, 5.41) is 0. The molecule has 6 nitrogen and oxygen atoms in total. The van der Waals surface area contributed by atoms with Crippen LogP contribution in [0.5, 0.6) is 0 Å². The van der Waals surface area contributed by atoms with E-state index < -0.39 is 6.04 Å². The van der Waals surface area contributed by atoms with Crippen LogP contribution in [0.1, 0.15) is 19.8 Å². The van der Waals surface area contributed by atoms with Gasteiger partial charge in [0.05, 0.1) is 6.61 Å². The molecule has 7 heteroatoms. The minimum atomic E-state index is -0.527. The summed E-state index contributed by atoms with van der Waals surface area (Å²) >= 11 is 3.27. The molecule has 0 bridgehead atoms. The number of likely N-dealkylation sites (tertiary alicyclic amines) is 1. The maximum absolute atomic E-state index is 12.3. The molecule has 2 rings (SSSR count). The van der Waals surface area contributed by atoms with Crippen LogP contribution in [0.3, 0.4) is 0 Å². The predicted molar refractivity (Wildman–Crippen MR) is 79.8 cm³/mol. The fourth-order valence-corrected chi connectivity index (χ4v) is 2.79. The predicted octanol–water partition coefficient (Wildman–Crippen LogP) is 1.16. The number of carbonyl (C=O) groups excluding carboxylic acids is 2. The van der Waals surface area contributed by atoms with Crippen molar-refractivity contribution in [3.05, 3.63) is 33.2 Å². The van der Waals surface area contributed by atoms with Gasteiger partial charge in [0, 0.05) is 23.3 Å². The third-order valence-electron chi connectivity index (χ3n) is 3.38. The Bertz CT molecular complexity index is 599. The van der Waals surface area contributed by atoms with E-state index in [1.165, 1.54) is 15.5 Å². The summed E-state index contributed by atoms with van der Waals surface area (Å²) in [5.41, 5.74) is -0.251. The zero-order chi connectivity index (χ0) is 15.4. The van der Waals surface area contributed by atoms with Crippen LogP contribution < -0.4 is 5.56 Å². The lowest BCUT2D eigenvalue weighted by Gasteiger charge is -2.23. The van der Waals surface area contributed by atoms with Crippen LogP contribution in [0.2, 0.25) is 0 Å². The number of pyridine rings is 1. The highest BCUT2D eigenvalue weighted by molar-refractivity contribution is 9.10. The van der Waals surface area contributed by atoms with Gasteiger partial charge < -0.3 is 14.2 Å². The molecule has 1 aliphatic rings. The molecule has 21 heavy (non-hydrogen) atoms. The number of carbonyl (C=O) groups is 2. The second kappa shape index (κ2) is 6.89. The Morgan fingerprint density at radius 2 is 2.19 bits per heavy atom. The molecule has 1 amide bonds. The molecule has 1 aliphatic heterocycles. The second-order valence-electron chi connectivity index (χ2n) is 4.81. The highest BCUT2D eigenvalue weighted by Gasteiger charge is 2.35. The first-order valence-corrected chi connectivity index (χ1v) is 7.64. The van der Waals surface area contributed by atoms with Crippen LogP contribution in [0, 0.1) is 0 Å². The van der Waals surface area contributed by atoms with Crippen LogP contribution in [-0.2, 0) is 20.9 Å². The van der Waals surface area contributed by atoms with E-state index in [2.05, 4.69) is 15.9 Å². The van der Waals surface area contributed by atoms with E-state index in [4.69, 9.17) is 4.74 Å². The Kier molecular flexibility index (Phi) is 5.17. The van der Waals surface area contributed by atoms with Gasteiger partial charge in [0.2, 0.25) is 5.91 Å². The van der Waals surface area contributed by atoms with Gasteiger partial charge in [-0.15, -0.1) is 0 Å². The zero-order valence-electron chi connectivity index (χ0n) is 11.8. The van der Waals surface area contributed by atoms with E-state index in [-0.39, 0.29) is 24.0 Å². The molecular weight excluding hydrogens is 340 g/mol. The normalized spacial score (nSPS) is 17.8. The number of aromatic nitrogens is 1. The van der Waals surface area contributed by atoms with Crippen molar-refractivity contribution in [2.75, 3.05) is 13.2 Å². The van der Waals surface area contributed by atoms with Gasteiger partial charge in [-0.2, -0.15) is 0 Å². The van der Waals surface area contributed by atoms with Crippen LogP contribution in [0.25, 0.3) is 0 Å². The molecule has 1 aromatic heterocycles. The minimum Gasteiger partial charge on any atom is -0.464 e. The second-order valence-corrected chi connectivity index (χ2v) is 5.73. The molecule has 0 N–H and O–H groups in total. The van der Waals surface area contributed by atoms with Crippen molar-refractivity contribution >= 4 is 27.8 Å². The highest BCUT2D eigenvalue weighted by Crippen LogP contribution is 2.19. The third-order valence-corrected chi connectivity index (χ3v) is 3.85. The standard InChI is InChI=1S/C14H17BrN2O4/c1-2-21-14(20)11-4-3-7-17(11)13(19)9-16-8-10(15)5-6-12(16)18/h5-6,8,11H,2-4,7,9H2,1H3. The largest absolute Gasteiger partial charge is 0.464 e. The molecule has 0 aliphatic carbocycles. The minimum absolute atomic E-state index is 0.0752. The van der Waals surface area contributed by atoms with Crippen molar-refractivity contribution in [1.82, 2.24) is 9.47 Å². The van der Waals surface area contributed by atoms with Crippen molar-refractivity contribution in [2.45, 2.75) is 32.4 Å². The summed E-state index contributed by atoms with van der Waals surface area (Å²) in [4.78, 5) is 37.4. The van der Waals surface area contributed by atoms with Crippen molar-refractivity contribution < 1.29 is 14.3 Å². The van der Waals surface area contributed by atoms with E-state index in [0.717, 1.165) is 10.9 Å². The molecule has 1 aromatic rings. The number of hydrogen-bond donors (Lipinski definition) is 0. The molecule has 1 saturated heterocycles. The number of amides is 1. The van der Waals surface area contributed by atoms with E-state index in [1.807, 2.05) is 0 Å². The number of esters is 1. The van der Waals surface area contributed by atoms with E-state index in [0.29, 0.717) is 19.6 Å². The number of ether oxygens (including phenoxy) is 1. The lowest BCUT2D eigenvalue weighted by molar-refractivity contribution is -0.153. The van der Waals surface area contributed by atoms with Crippen LogP contribution in [0.4, 0.5) is 0 Å². The topological polar surface area (TPSA) is 68.6 Å². The van der Waals surface area contributed by atoms with Crippen molar-refractivity contribution in [3.63, 3.8) is 0 Å². The number of halogens is 1. The Morgan fingerprint density at radius 3 is 2.90 bits per heavy atom. The smallest absolute Gasteiger partial charge is 0.328 e. The SMILES string of the molecule is CCOC(=O)C1CCCN1C(=O)Cn1cc(Br)ccc1=O. The Labute approximate surface area is 130 Å². The zero-order valence-corrected chi connectivity index (χ0v) is 13.3. The van der Waals surface area contributed by atoms with Gasteiger partial charge in [-0.1, -0.05) is 0 Å². The Hall–Kier alpha value is -1.63. The number of nitrogens with zero attached hydrogens (tertiary/aromatic N) is 2. The first-order valence-electron chi connectivity index (χ1n) is 6.85. The fraction of sp³-hybridized carbons (Fsp3) is 0.500. The van der Waals surface area contributed by atoms with Gasteiger partial charge in [-0.3, -0.25) is 9.59 Å². The molecular formula is C14H17BrN2O4. The van der Waals surface area contributed by atoms with Gasteiger partial charge >= 0.3 is 5.97 Å². The van der Waals surface area contributed by atoms with Gasteiger partial charge in [-0.25, -0.2) is 4.79 Å². The summed E-state index contributed by atoms with van der Waals surface area (Å²) in [6.07, 6.45) is 2.94. The van der Waals surface area contributed by atoms with Gasteiger partial charge in [0.1, 0.15) is 12.6 Å². The first-order chi connectivity index (χ1) is 10.0. The van der Waals surface area contributed by atoms with Crippen LogP contribution in [-0.4, -0.2) is 40.5 Å². The molecule has 2 heterocycles. The van der Waals surface area contributed by atoms with Crippen molar-refractivity contribution in [2.24, 2.45) is 0 Å². The van der Waals surface area contributed by atoms with Crippen LogP contribution >= 0.6 is 15.9 Å². The van der Waals surface area contributed by atoms with Crippen molar-refractivity contribution in [1.29, 1.82) is 0 Å². The first kappa shape index (κ1) is 15.8. The monoisotopic (exact) mass is 356 g/mol. The summed E-state index contributed by atoms with van der Waals surface area (Å²) in [5.74, 6) is -0.615. The number of hydrogen-bond acceptors (Lipinski definition) is 4. The Balaban J connectivity index is 2.10. The lowest BCUT2D eigenvalue weighted by Crippen LogP contribution is -2.43. The Morgan fingerprint density at radius 1 is 1.43 bits per heavy atom.